The summed E-state index contributed by atoms with van der Waals surface area (Å²) < 4.78 is 18.3. The number of esters is 3. The van der Waals surface area contributed by atoms with E-state index in [0.717, 1.165) is 0 Å². The third-order valence-electron chi connectivity index (χ3n) is 4.61. The Morgan fingerprint density at radius 3 is 2.70 bits per heavy atom. The van der Waals surface area contributed by atoms with E-state index in [-0.39, 0.29) is 27.8 Å². The number of methoxy groups -OCH3 is 1. The van der Waals surface area contributed by atoms with Gasteiger partial charge >= 0.3 is 17.9 Å². The first-order chi connectivity index (χ1) is 10.9. The van der Waals surface area contributed by atoms with Crippen molar-refractivity contribution >= 4 is 63.4 Å². The van der Waals surface area contributed by atoms with Gasteiger partial charge in [0.2, 0.25) is 0 Å². The molecule has 0 aromatic carbocycles. The Kier molecular flexibility index (Phi) is 4.89. The summed E-state index contributed by atoms with van der Waals surface area (Å²) in [6.07, 6.45) is -0.512. The summed E-state index contributed by atoms with van der Waals surface area (Å²) in [6, 6.07) is -0.0698. The van der Waals surface area contributed by atoms with Gasteiger partial charge < -0.3 is 14.2 Å². The standard InChI is InChI=1S/C14H15I2NO6/c1-4(17-16)9(15)14(20)23-11-5-3-6-8(7(5)12(18)21-2)13(19)22-10(6)11/h4-6,9-11,17H,3H2,1-2H3. The maximum atomic E-state index is 12.3. The van der Waals surface area contributed by atoms with Crippen LogP contribution in [0.25, 0.3) is 0 Å². The largest absolute Gasteiger partial charge is 0.466 e. The predicted molar refractivity (Wildman–Crippen MR) is 94.8 cm³/mol. The van der Waals surface area contributed by atoms with E-state index in [1.165, 1.54) is 7.11 Å². The number of halogens is 2. The summed E-state index contributed by atoms with van der Waals surface area (Å²) in [4.78, 5) is 36.4. The Bertz CT molecular complexity index is 606. The lowest BCUT2D eigenvalue weighted by molar-refractivity contribution is -0.161. The zero-order valence-electron chi connectivity index (χ0n) is 12.4. The van der Waals surface area contributed by atoms with Crippen molar-refractivity contribution in [3.8, 4) is 0 Å². The molecule has 1 heterocycles. The summed E-state index contributed by atoms with van der Waals surface area (Å²) in [6.45, 7) is 1.87. The Morgan fingerprint density at radius 2 is 2.09 bits per heavy atom. The van der Waals surface area contributed by atoms with E-state index < -0.39 is 24.1 Å². The molecule has 1 saturated carbocycles. The number of carbonyl (C=O) groups is 3. The maximum absolute atomic E-state index is 12.3. The molecular weight excluding hydrogens is 532 g/mol. The lowest BCUT2D eigenvalue weighted by Gasteiger charge is -2.27. The molecule has 0 aromatic heterocycles. The molecule has 1 aliphatic heterocycles. The average Bonchev–Trinajstić information content (AvgIpc) is 3.15. The molecule has 2 fully saturated rings. The fourth-order valence-corrected chi connectivity index (χ4v) is 4.91. The highest BCUT2D eigenvalue weighted by Gasteiger charge is 2.64. The number of hydrogen-bond donors (Lipinski definition) is 1. The highest BCUT2D eigenvalue weighted by atomic mass is 127. The van der Waals surface area contributed by atoms with Crippen molar-refractivity contribution in [3.63, 3.8) is 0 Å². The molecule has 0 radical (unpaired) electrons. The van der Waals surface area contributed by atoms with Crippen LogP contribution in [0.5, 0.6) is 0 Å². The SMILES string of the molecule is COC(=O)C1=C2C(=O)OC3C2CC1C3OC(=O)C(I)C(C)NI. The molecule has 6 unspecified atom stereocenters. The number of ether oxygens (including phenoxy) is 3. The van der Waals surface area contributed by atoms with E-state index in [4.69, 9.17) is 14.2 Å². The van der Waals surface area contributed by atoms with Crippen LogP contribution in [-0.4, -0.2) is 47.2 Å². The molecule has 3 rings (SSSR count). The number of fused-ring (bicyclic) bond motifs is 1. The summed E-state index contributed by atoms with van der Waals surface area (Å²) >= 11 is 4.00. The average molecular weight is 547 g/mol. The zero-order chi connectivity index (χ0) is 16.9. The number of rotatable bonds is 5. The van der Waals surface area contributed by atoms with Gasteiger partial charge in [0.1, 0.15) is 16.1 Å². The second-order valence-electron chi connectivity index (χ2n) is 5.84. The van der Waals surface area contributed by atoms with Crippen LogP contribution in [-0.2, 0) is 28.6 Å². The van der Waals surface area contributed by atoms with Gasteiger partial charge in [0.15, 0.2) is 0 Å². The van der Waals surface area contributed by atoms with Crippen LogP contribution in [0.1, 0.15) is 13.3 Å². The number of hydrogen-bond acceptors (Lipinski definition) is 7. The second-order valence-corrected chi connectivity index (χ2v) is 7.80. The Balaban J connectivity index is 1.82. The molecule has 6 atom stereocenters. The monoisotopic (exact) mass is 547 g/mol. The Morgan fingerprint density at radius 1 is 1.39 bits per heavy atom. The Labute approximate surface area is 160 Å². The molecule has 1 N–H and O–H groups in total. The van der Waals surface area contributed by atoms with Gasteiger partial charge in [0, 0.05) is 40.7 Å². The van der Waals surface area contributed by atoms with E-state index in [0.29, 0.717) is 17.6 Å². The lowest BCUT2D eigenvalue weighted by Crippen LogP contribution is -2.42. The van der Waals surface area contributed by atoms with Gasteiger partial charge in [0.05, 0.1) is 18.3 Å². The summed E-state index contributed by atoms with van der Waals surface area (Å²) in [7, 11) is 1.27. The first-order valence-electron chi connectivity index (χ1n) is 7.14. The van der Waals surface area contributed by atoms with Gasteiger partial charge in [-0.25, -0.2) is 9.59 Å². The second kappa shape index (κ2) is 6.47. The fraction of sp³-hybridized carbons (Fsp3) is 0.643. The van der Waals surface area contributed by atoms with Gasteiger partial charge in [-0.15, -0.1) is 0 Å². The van der Waals surface area contributed by atoms with Gasteiger partial charge in [-0.05, 0) is 13.3 Å². The van der Waals surface area contributed by atoms with Crippen LogP contribution < -0.4 is 3.53 Å². The molecule has 7 nitrogen and oxygen atoms in total. The van der Waals surface area contributed by atoms with Crippen LogP contribution in [0, 0.1) is 11.8 Å². The highest BCUT2D eigenvalue weighted by molar-refractivity contribution is 14.1. The van der Waals surface area contributed by atoms with Crippen LogP contribution in [0.2, 0.25) is 0 Å². The molecule has 9 heteroatoms. The van der Waals surface area contributed by atoms with Crippen molar-refractivity contribution in [2.75, 3.05) is 7.11 Å². The minimum absolute atomic E-state index is 0.0698. The summed E-state index contributed by atoms with van der Waals surface area (Å²) in [5, 5.41) is 0. The van der Waals surface area contributed by atoms with Gasteiger partial charge in [-0.1, -0.05) is 22.6 Å². The fourth-order valence-electron chi connectivity index (χ4n) is 3.54. The first-order valence-corrected chi connectivity index (χ1v) is 9.47. The van der Waals surface area contributed by atoms with E-state index in [9.17, 15) is 14.4 Å². The molecule has 0 aromatic rings. The number of carbonyl (C=O) groups excluding carboxylic acids is 3. The molecule has 0 spiro atoms. The first kappa shape index (κ1) is 17.4. The van der Waals surface area contributed by atoms with Crippen LogP contribution in [0.4, 0.5) is 0 Å². The summed E-state index contributed by atoms with van der Waals surface area (Å²) in [5.41, 5.74) is 0.728. The third-order valence-corrected chi connectivity index (χ3v) is 7.18. The highest BCUT2D eigenvalue weighted by Crippen LogP contribution is 2.55. The molecule has 0 amide bonds. The smallest absolute Gasteiger partial charge is 0.335 e. The van der Waals surface area contributed by atoms with E-state index in [1.54, 1.807) is 0 Å². The van der Waals surface area contributed by atoms with E-state index in [2.05, 4.69) is 3.53 Å². The maximum Gasteiger partial charge on any atom is 0.335 e. The Hall–Kier alpha value is -0.430. The van der Waals surface area contributed by atoms with Crippen molar-refractivity contribution in [2.24, 2.45) is 11.8 Å². The van der Waals surface area contributed by atoms with Crippen LogP contribution in [0.15, 0.2) is 11.1 Å². The molecule has 3 aliphatic rings. The summed E-state index contributed by atoms with van der Waals surface area (Å²) in [5.74, 6) is -1.91. The minimum Gasteiger partial charge on any atom is -0.466 e. The molecule has 126 valence electrons. The van der Waals surface area contributed by atoms with Gasteiger partial charge in [-0.2, -0.15) is 0 Å². The van der Waals surface area contributed by atoms with Crippen molar-refractivity contribution in [1.82, 2.24) is 3.53 Å². The predicted octanol–water partition coefficient (Wildman–Crippen LogP) is 1.07. The quantitative estimate of drug-likeness (QED) is 0.181. The third kappa shape index (κ3) is 2.68. The van der Waals surface area contributed by atoms with E-state index >= 15 is 0 Å². The van der Waals surface area contributed by atoms with Gasteiger partial charge in [0.25, 0.3) is 0 Å². The van der Waals surface area contributed by atoms with Crippen molar-refractivity contribution in [1.29, 1.82) is 0 Å². The molecular formula is C14H15I2NO6. The normalized spacial score (nSPS) is 33.5. The molecule has 1 saturated heterocycles. The topological polar surface area (TPSA) is 90.9 Å². The van der Waals surface area contributed by atoms with Crippen LogP contribution in [0.3, 0.4) is 0 Å². The molecule has 2 aliphatic carbocycles. The molecule has 23 heavy (non-hydrogen) atoms. The molecule has 2 bridgehead atoms. The zero-order valence-corrected chi connectivity index (χ0v) is 16.7. The number of nitrogens with one attached hydrogen (secondary N) is 1. The minimum atomic E-state index is -0.615. The van der Waals surface area contributed by atoms with Crippen molar-refractivity contribution in [3.05, 3.63) is 11.1 Å². The van der Waals surface area contributed by atoms with E-state index in [1.807, 2.05) is 52.4 Å². The van der Waals surface area contributed by atoms with Crippen LogP contribution >= 0.6 is 45.5 Å². The van der Waals surface area contributed by atoms with Crippen molar-refractivity contribution in [2.45, 2.75) is 35.5 Å². The number of alkyl halides is 1. The lowest BCUT2D eigenvalue weighted by atomic mass is 9.89. The van der Waals surface area contributed by atoms with Gasteiger partial charge in [-0.3, -0.25) is 8.32 Å². The van der Waals surface area contributed by atoms with Crippen molar-refractivity contribution < 1.29 is 28.6 Å².